The van der Waals surface area contributed by atoms with Gasteiger partial charge in [-0.1, -0.05) is 19.0 Å². The summed E-state index contributed by atoms with van der Waals surface area (Å²) in [4.78, 5) is 18.5. The monoisotopic (exact) mass is 336 g/mol. The molecule has 2 aliphatic rings. The molecule has 7 nitrogen and oxygen atoms in total. The largest absolute Gasteiger partial charge is 0.378 e. The van der Waals surface area contributed by atoms with Gasteiger partial charge in [0, 0.05) is 38.6 Å². The highest BCUT2D eigenvalue weighted by Gasteiger charge is 2.30. The van der Waals surface area contributed by atoms with Gasteiger partial charge in [-0.25, -0.2) is 4.79 Å². The molecular formula is C17H28N4O3. The third-order valence-corrected chi connectivity index (χ3v) is 4.93. The van der Waals surface area contributed by atoms with Crippen LogP contribution in [0.1, 0.15) is 57.2 Å². The zero-order valence-corrected chi connectivity index (χ0v) is 14.7. The number of carbonyl (C=O) groups is 1. The molecule has 24 heavy (non-hydrogen) atoms. The van der Waals surface area contributed by atoms with Gasteiger partial charge in [0.2, 0.25) is 5.89 Å². The van der Waals surface area contributed by atoms with Crippen molar-refractivity contribution >= 4 is 6.03 Å². The third-order valence-electron chi connectivity index (χ3n) is 4.93. The van der Waals surface area contributed by atoms with Crippen LogP contribution in [0.25, 0.3) is 0 Å². The zero-order valence-electron chi connectivity index (χ0n) is 14.7. The van der Waals surface area contributed by atoms with Gasteiger partial charge in [0.25, 0.3) is 0 Å². The van der Waals surface area contributed by atoms with Crippen molar-refractivity contribution in [3.05, 3.63) is 11.7 Å². The summed E-state index contributed by atoms with van der Waals surface area (Å²) < 4.78 is 11.0. The van der Waals surface area contributed by atoms with Crippen LogP contribution in [0, 0.1) is 5.92 Å². The molecule has 2 aliphatic heterocycles. The quantitative estimate of drug-likeness (QED) is 0.892. The van der Waals surface area contributed by atoms with Gasteiger partial charge in [-0.2, -0.15) is 4.98 Å². The number of nitrogens with one attached hydrogen (secondary N) is 1. The molecule has 1 N–H and O–H groups in total. The van der Waals surface area contributed by atoms with E-state index in [2.05, 4.69) is 15.5 Å². The van der Waals surface area contributed by atoms with Gasteiger partial charge < -0.3 is 19.5 Å². The van der Waals surface area contributed by atoms with E-state index in [4.69, 9.17) is 9.26 Å². The van der Waals surface area contributed by atoms with E-state index < -0.39 is 0 Å². The molecule has 0 aliphatic carbocycles. The summed E-state index contributed by atoms with van der Waals surface area (Å²) >= 11 is 0. The molecule has 0 spiro atoms. The molecule has 0 radical (unpaired) electrons. The number of hydrogen-bond acceptors (Lipinski definition) is 5. The van der Waals surface area contributed by atoms with Gasteiger partial charge >= 0.3 is 6.03 Å². The molecule has 7 heteroatoms. The van der Waals surface area contributed by atoms with E-state index in [0.717, 1.165) is 32.5 Å². The summed E-state index contributed by atoms with van der Waals surface area (Å²) in [6, 6.07) is 0.00406. The first-order valence-corrected chi connectivity index (χ1v) is 9.10. The summed E-state index contributed by atoms with van der Waals surface area (Å²) in [6.07, 6.45) is 5.43. The maximum absolute atomic E-state index is 12.2. The second kappa shape index (κ2) is 7.96. The number of aromatic nitrogens is 2. The number of amides is 2. The lowest BCUT2D eigenvalue weighted by atomic mass is 9.90. The second-order valence-electron chi connectivity index (χ2n) is 7.06. The van der Waals surface area contributed by atoms with E-state index in [1.54, 1.807) is 0 Å². The molecule has 3 heterocycles. The van der Waals surface area contributed by atoms with E-state index in [1.165, 1.54) is 12.8 Å². The number of carbonyl (C=O) groups excluding carboxylic acids is 1. The van der Waals surface area contributed by atoms with Gasteiger partial charge in [-0.3, -0.25) is 0 Å². The number of hydrogen-bond donors (Lipinski definition) is 1. The van der Waals surface area contributed by atoms with Gasteiger partial charge in [-0.15, -0.1) is 0 Å². The lowest BCUT2D eigenvalue weighted by Crippen LogP contribution is -2.46. The van der Waals surface area contributed by atoms with Crippen LogP contribution in [0.5, 0.6) is 0 Å². The number of nitrogens with zero attached hydrogens (tertiary/aromatic N) is 3. The molecule has 0 unspecified atom stereocenters. The predicted molar refractivity (Wildman–Crippen MR) is 88.8 cm³/mol. The van der Waals surface area contributed by atoms with Crippen LogP contribution in [-0.4, -0.2) is 53.4 Å². The lowest BCUT2D eigenvalue weighted by Gasteiger charge is -2.34. The fourth-order valence-electron chi connectivity index (χ4n) is 3.44. The number of likely N-dealkylation sites (tertiary alicyclic amines) is 1. The minimum atomic E-state index is 0.00406. The van der Waals surface area contributed by atoms with Gasteiger partial charge in [0.1, 0.15) is 0 Å². The van der Waals surface area contributed by atoms with Crippen molar-refractivity contribution in [3.8, 4) is 0 Å². The van der Waals surface area contributed by atoms with Crippen molar-refractivity contribution in [1.82, 2.24) is 20.4 Å². The SMILES string of the molecule is CC(C)c1noc(CCNC(=O)N2CCC([C@H]3CCCO3)CC2)n1. The first-order valence-electron chi connectivity index (χ1n) is 9.10. The van der Waals surface area contributed by atoms with E-state index in [9.17, 15) is 4.79 Å². The van der Waals surface area contributed by atoms with Crippen molar-refractivity contribution in [1.29, 1.82) is 0 Å². The van der Waals surface area contributed by atoms with Crippen LogP contribution in [0.3, 0.4) is 0 Å². The molecule has 2 saturated heterocycles. The first kappa shape index (κ1) is 17.2. The highest BCUT2D eigenvalue weighted by atomic mass is 16.5. The predicted octanol–water partition coefficient (Wildman–Crippen LogP) is 2.34. The molecule has 1 aromatic heterocycles. The Balaban J connectivity index is 1.36. The summed E-state index contributed by atoms with van der Waals surface area (Å²) in [5, 5.41) is 6.88. The average Bonchev–Trinajstić information content (AvgIpc) is 3.27. The Morgan fingerprint density at radius 3 is 2.75 bits per heavy atom. The Morgan fingerprint density at radius 1 is 1.33 bits per heavy atom. The molecule has 2 amide bonds. The standard InChI is InChI=1S/C17H28N4O3/c1-12(2)16-19-15(24-20-16)5-8-18-17(22)21-9-6-13(7-10-21)14-4-3-11-23-14/h12-14H,3-11H2,1-2H3,(H,18,22)/t14-/m1/s1. The second-order valence-corrected chi connectivity index (χ2v) is 7.06. The maximum atomic E-state index is 12.2. The minimum Gasteiger partial charge on any atom is -0.378 e. The molecule has 0 saturated carbocycles. The average molecular weight is 336 g/mol. The molecule has 2 fully saturated rings. The number of rotatable bonds is 5. The number of ether oxygens (including phenoxy) is 1. The first-order chi connectivity index (χ1) is 11.6. The van der Waals surface area contributed by atoms with Crippen LogP contribution < -0.4 is 5.32 Å². The lowest BCUT2D eigenvalue weighted by molar-refractivity contribution is 0.0372. The van der Waals surface area contributed by atoms with E-state index in [0.29, 0.717) is 36.7 Å². The molecule has 0 aromatic carbocycles. The fraction of sp³-hybridized carbons (Fsp3) is 0.824. The highest BCUT2D eigenvalue weighted by Crippen LogP contribution is 2.28. The van der Waals surface area contributed by atoms with Crippen LogP contribution in [0.2, 0.25) is 0 Å². The summed E-state index contributed by atoms with van der Waals surface area (Å²) in [5.74, 6) is 2.16. The van der Waals surface area contributed by atoms with Crippen LogP contribution >= 0.6 is 0 Å². The van der Waals surface area contributed by atoms with Crippen molar-refractivity contribution < 1.29 is 14.1 Å². The van der Waals surface area contributed by atoms with E-state index in [-0.39, 0.29) is 11.9 Å². The highest BCUT2D eigenvalue weighted by molar-refractivity contribution is 5.74. The molecule has 134 valence electrons. The molecular weight excluding hydrogens is 308 g/mol. The fourth-order valence-corrected chi connectivity index (χ4v) is 3.44. The summed E-state index contributed by atoms with van der Waals surface area (Å²) in [6.45, 7) is 7.10. The Bertz CT molecular complexity index is 532. The Hall–Kier alpha value is -1.63. The third kappa shape index (κ3) is 4.26. The van der Waals surface area contributed by atoms with Crippen molar-refractivity contribution in [2.45, 2.75) is 58.0 Å². The number of piperidine rings is 1. The summed E-state index contributed by atoms with van der Waals surface area (Å²) in [5.41, 5.74) is 0. The van der Waals surface area contributed by atoms with Crippen LogP contribution in [-0.2, 0) is 11.2 Å². The van der Waals surface area contributed by atoms with Gasteiger partial charge in [-0.05, 0) is 31.6 Å². The number of urea groups is 1. The minimum absolute atomic E-state index is 0.00406. The van der Waals surface area contributed by atoms with Crippen molar-refractivity contribution in [2.75, 3.05) is 26.2 Å². The normalized spacial score (nSPS) is 22.3. The zero-order chi connectivity index (χ0) is 16.9. The molecule has 3 rings (SSSR count). The Morgan fingerprint density at radius 2 is 2.12 bits per heavy atom. The Labute approximate surface area is 143 Å². The topological polar surface area (TPSA) is 80.5 Å². The van der Waals surface area contributed by atoms with Crippen molar-refractivity contribution in [3.63, 3.8) is 0 Å². The molecule has 1 atom stereocenters. The molecule has 1 aromatic rings. The van der Waals surface area contributed by atoms with Gasteiger partial charge in [0.05, 0.1) is 6.10 Å². The Kier molecular flexibility index (Phi) is 5.71. The molecule has 0 bridgehead atoms. The summed E-state index contributed by atoms with van der Waals surface area (Å²) in [7, 11) is 0. The maximum Gasteiger partial charge on any atom is 0.317 e. The smallest absolute Gasteiger partial charge is 0.317 e. The van der Waals surface area contributed by atoms with Crippen LogP contribution in [0.15, 0.2) is 4.52 Å². The van der Waals surface area contributed by atoms with Gasteiger partial charge in [0.15, 0.2) is 5.82 Å². The van der Waals surface area contributed by atoms with Crippen LogP contribution in [0.4, 0.5) is 4.79 Å². The van der Waals surface area contributed by atoms with Crippen molar-refractivity contribution in [2.24, 2.45) is 5.92 Å². The van der Waals surface area contributed by atoms with E-state index in [1.807, 2.05) is 18.7 Å². The van der Waals surface area contributed by atoms with E-state index >= 15 is 0 Å².